The first kappa shape index (κ1) is 19.2. The summed E-state index contributed by atoms with van der Waals surface area (Å²) in [5.74, 6) is -1.32. The third kappa shape index (κ3) is 4.51. The molecule has 1 saturated heterocycles. The highest BCUT2D eigenvalue weighted by molar-refractivity contribution is 7.92. The number of halogens is 3. The maximum atomic E-state index is 13.0. The highest BCUT2D eigenvalue weighted by Gasteiger charge is 2.43. The van der Waals surface area contributed by atoms with Crippen LogP contribution in [0.3, 0.4) is 0 Å². The van der Waals surface area contributed by atoms with Gasteiger partial charge in [-0.1, -0.05) is 38.0 Å². The largest absolute Gasteiger partial charge is 0.391 e. The third-order valence-electron chi connectivity index (χ3n) is 4.63. The lowest BCUT2D eigenvalue weighted by atomic mass is 9.96. The van der Waals surface area contributed by atoms with Crippen molar-refractivity contribution in [1.82, 2.24) is 4.90 Å². The number of sulfone groups is 1. The summed E-state index contributed by atoms with van der Waals surface area (Å²) in [6, 6.07) is 8.18. The van der Waals surface area contributed by atoms with Crippen LogP contribution in [0.2, 0.25) is 0 Å². The second-order valence-corrected chi connectivity index (χ2v) is 8.41. The van der Waals surface area contributed by atoms with Crippen molar-refractivity contribution in [2.45, 2.75) is 55.5 Å². The van der Waals surface area contributed by atoms with Crippen LogP contribution in [0.4, 0.5) is 13.2 Å². The number of nitrogens with zero attached hydrogens (tertiary/aromatic N) is 1. The molecule has 0 aromatic heterocycles. The van der Waals surface area contributed by atoms with E-state index in [4.69, 9.17) is 0 Å². The molecular weight excluding hydrogens is 339 g/mol. The van der Waals surface area contributed by atoms with E-state index < -0.39 is 27.3 Å². The van der Waals surface area contributed by atoms with E-state index in [2.05, 4.69) is 0 Å². The molecule has 2 rings (SSSR count). The number of piperidine rings is 1. The van der Waals surface area contributed by atoms with Gasteiger partial charge >= 0.3 is 6.18 Å². The van der Waals surface area contributed by atoms with Crippen molar-refractivity contribution in [1.29, 1.82) is 0 Å². The SMILES string of the molecule is CCCCC(N1CCC(C(F)(F)F)CC1)S(=O)(=O)c1ccccc1. The van der Waals surface area contributed by atoms with E-state index in [0.29, 0.717) is 6.42 Å². The van der Waals surface area contributed by atoms with Crippen LogP contribution in [0, 0.1) is 5.92 Å². The number of hydrogen-bond donors (Lipinski definition) is 0. The molecule has 1 fully saturated rings. The van der Waals surface area contributed by atoms with Gasteiger partial charge in [0.2, 0.25) is 0 Å². The lowest BCUT2D eigenvalue weighted by Crippen LogP contribution is -2.47. The zero-order valence-electron chi connectivity index (χ0n) is 13.8. The fourth-order valence-corrected chi connectivity index (χ4v) is 5.13. The molecule has 1 aromatic carbocycles. The molecule has 1 heterocycles. The smallest absolute Gasteiger partial charge is 0.287 e. The molecule has 1 aliphatic heterocycles. The monoisotopic (exact) mass is 363 g/mol. The third-order valence-corrected chi connectivity index (χ3v) is 6.81. The second-order valence-electron chi connectivity index (χ2n) is 6.31. The lowest BCUT2D eigenvalue weighted by Gasteiger charge is -2.37. The Balaban J connectivity index is 2.18. The van der Waals surface area contributed by atoms with Crippen LogP contribution < -0.4 is 0 Å². The van der Waals surface area contributed by atoms with Crippen LogP contribution in [-0.2, 0) is 9.84 Å². The summed E-state index contributed by atoms with van der Waals surface area (Å²) in [5.41, 5.74) is 0. The molecule has 24 heavy (non-hydrogen) atoms. The van der Waals surface area contributed by atoms with Crippen LogP contribution in [0.1, 0.15) is 39.0 Å². The Morgan fingerprint density at radius 1 is 1.17 bits per heavy atom. The number of unbranched alkanes of at least 4 members (excludes halogenated alkanes) is 1. The van der Waals surface area contributed by atoms with Gasteiger partial charge in [-0.2, -0.15) is 13.2 Å². The number of rotatable bonds is 6. The van der Waals surface area contributed by atoms with E-state index in [1.165, 1.54) is 0 Å². The molecule has 0 bridgehead atoms. The van der Waals surface area contributed by atoms with Gasteiger partial charge < -0.3 is 0 Å². The Kier molecular flexibility index (Phi) is 6.31. The minimum atomic E-state index is -4.19. The molecular formula is C17H24F3NO2S. The van der Waals surface area contributed by atoms with Crippen molar-refractivity contribution in [2.24, 2.45) is 5.92 Å². The first-order valence-electron chi connectivity index (χ1n) is 8.36. The Morgan fingerprint density at radius 2 is 1.75 bits per heavy atom. The lowest BCUT2D eigenvalue weighted by molar-refractivity contribution is -0.185. The average Bonchev–Trinajstić information content (AvgIpc) is 2.55. The number of alkyl halides is 3. The minimum Gasteiger partial charge on any atom is -0.287 e. The van der Waals surface area contributed by atoms with Gasteiger partial charge in [0, 0.05) is 0 Å². The van der Waals surface area contributed by atoms with Gasteiger partial charge in [-0.15, -0.1) is 0 Å². The molecule has 1 aliphatic rings. The topological polar surface area (TPSA) is 37.4 Å². The fourth-order valence-electron chi connectivity index (χ4n) is 3.19. The predicted octanol–water partition coefficient (Wildman–Crippen LogP) is 4.25. The van der Waals surface area contributed by atoms with Gasteiger partial charge in [-0.25, -0.2) is 8.42 Å². The molecule has 0 amide bonds. The van der Waals surface area contributed by atoms with Crippen molar-refractivity contribution in [3.63, 3.8) is 0 Å². The fraction of sp³-hybridized carbons (Fsp3) is 0.647. The van der Waals surface area contributed by atoms with Crippen molar-refractivity contribution in [3.8, 4) is 0 Å². The average molecular weight is 363 g/mol. The molecule has 0 aliphatic carbocycles. The van der Waals surface area contributed by atoms with E-state index in [0.717, 1.165) is 12.8 Å². The molecule has 7 heteroatoms. The van der Waals surface area contributed by atoms with Gasteiger partial charge in [-0.05, 0) is 44.5 Å². The molecule has 1 aromatic rings. The van der Waals surface area contributed by atoms with Gasteiger partial charge in [0.05, 0.1) is 10.8 Å². The van der Waals surface area contributed by atoms with E-state index in [9.17, 15) is 21.6 Å². The maximum absolute atomic E-state index is 13.0. The zero-order chi connectivity index (χ0) is 17.8. The molecule has 0 saturated carbocycles. The molecule has 1 atom stereocenters. The van der Waals surface area contributed by atoms with Crippen molar-refractivity contribution in [3.05, 3.63) is 30.3 Å². The first-order valence-corrected chi connectivity index (χ1v) is 9.91. The molecule has 0 N–H and O–H groups in total. The molecule has 3 nitrogen and oxygen atoms in total. The van der Waals surface area contributed by atoms with Gasteiger partial charge in [0.15, 0.2) is 9.84 Å². The van der Waals surface area contributed by atoms with E-state index in [1.807, 2.05) is 6.92 Å². The minimum absolute atomic E-state index is 0.0313. The number of likely N-dealkylation sites (tertiary alicyclic amines) is 1. The standard InChI is InChI=1S/C17H24F3NO2S/c1-2-3-9-16(24(22,23)15-7-5-4-6-8-15)21-12-10-14(11-13-21)17(18,19)20/h4-8,14,16H,2-3,9-13H2,1H3. The summed E-state index contributed by atoms with van der Waals surface area (Å²) >= 11 is 0. The second kappa shape index (κ2) is 7.87. The summed E-state index contributed by atoms with van der Waals surface area (Å²) in [5, 5.41) is -0.742. The molecule has 0 radical (unpaired) electrons. The molecule has 136 valence electrons. The normalized spacial score (nSPS) is 19.3. The molecule has 1 unspecified atom stereocenters. The Hall–Kier alpha value is -1.08. The molecule has 0 spiro atoms. The summed E-state index contributed by atoms with van der Waals surface area (Å²) in [6.07, 6.45) is -2.23. The van der Waals surface area contributed by atoms with Gasteiger partial charge in [0.25, 0.3) is 0 Å². The highest BCUT2D eigenvalue weighted by atomic mass is 32.2. The first-order chi connectivity index (χ1) is 11.3. The van der Waals surface area contributed by atoms with Crippen molar-refractivity contribution in [2.75, 3.05) is 13.1 Å². The number of hydrogen-bond acceptors (Lipinski definition) is 3. The van der Waals surface area contributed by atoms with E-state index in [-0.39, 0.29) is 30.8 Å². The van der Waals surface area contributed by atoms with Gasteiger partial charge in [0.1, 0.15) is 5.37 Å². The van der Waals surface area contributed by atoms with Crippen LogP contribution in [0.5, 0.6) is 0 Å². The summed E-state index contributed by atoms with van der Waals surface area (Å²) in [4.78, 5) is 1.96. The van der Waals surface area contributed by atoms with E-state index >= 15 is 0 Å². The predicted molar refractivity (Wildman–Crippen MR) is 87.3 cm³/mol. The number of benzene rings is 1. The summed E-state index contributed by atoms with van der Waals surface area (Å²) < 4.78 is 64.4. The Labute approximate surface area is 141 Å². The quantitative estimate of drug-likeness (QED) is 0.758. The Morgan fingerprint density at radius 3 is 2.25 bits per heavy atom. The highest BCUT2D eigenvalue weighted by Crippen LogP contribution is 2.36. The van der Waals surface area contributed by atoms with Crippen LogP contribution >= 0.6 is 0 Å². The Bertz CT molecular complexity index is 608. The van der Waals surface area contributed by atoms with E-state index in [1.54, 1.807) is 35.2 Å². The summed E-state index contributed by atoms with van der Waals surface area (Å²) in [7, 11) is -3.58. The van der Waals surface area contributed by atoms with Gasteiger partial charge in [-0.3, -0.25) is 4.90 Å². The van der Waals surface area contributed by atoms with Crippen LogP contribution in [-0.4, -0.2) is 38.0 Å². The summed E-state index contributed by atoms with van der Waals surface area (Å²) in [6.45, 7) is 2.32. The maximum Gasteiger partial charge on any atom is 0.391 e. The van der Waals surface area contributed by atoms with Crippen LogP contribution in [0.15, 0.2) is 35.2 Å². The zero-order valence-corrected chi connectivity index (χ0v) is 14.6. The van der Waals surface area contributed by atoms with Crippen LogP contribution in [0.25, 0.3) is 0 Å². The van der Waals surface area contributed by atoms with Crippen molar-refractivity contribution < 1.29 is 21.6 Å². The van der Waals surface area contributed by atoms with Crippen molar-refractivity contribution >= 4 is 9.84 Å².